The number of carbonyl (C=O) groups is 9. The fourth-order valence-corrected chi connectivity index (χ4v) is 12.1. The van der Waals surface area contributed by atoms with E-state index < -0.39 is 54.3 Å². The van der Waals surface area contributed by atoms with Gasteiger partial charge in [0.2, 0.25) is 47.3 Å². The van der Waals surface area contributed by atoms with Gasteiger partial charge in [-0.15, -0.1) is 0 Å². The zero-order valence-electron chi connectivity index (χ0n) is 51.4. The monoisotopic (exact) mass is 1220 g/mol. The Labute approximate surface area is 523 Å². The van der Waals surface area contributed by atoms with E-state index in [9.17, 15) is 43.2 Å². The summed E-state index contributed by atoms with van der Waals surface area (Å²) in [7, 11) is 0. The Kier molecular flexibility index (Phi) is 27.3. The van der Waals surface area contributed by atoms with Crippen molar-refractivity contribution in [3.05, 3.63) is 143 Å². The SMILES string of the molecule is CC(C)CC1CN(C(=O)CC2CC2)CC(=O)N[C@@H](CCCCN)CN(C(=O)CCc2ccccc2)CC(=O)NC(Cc2ccccc2)CN(CC(N)=O)C(=O)CCSCc2ccc(cc2)C(=O)NC(Cc2ccccc2)CN(C(=O)CC2CC2)CC(=O)N1. The highest BCUT2D eigenvalue weighted by molar-refractivity contribution is 7.98. The molecule has 0 spiro atoms. The number of hydrogen-bond acceptors (Lipinski definition) is 11. The fourth-order valence-electron chi connectivity index (χ4n) is 11.2. The van der Waals surface area contributed by atoms with Gasteiger partial charge in [0.15, 0.2) is 0 Å². The summed E-state index contributed by atoms with van der Waals surface area (Å²) in [5.74, 6) is -2.26. The molecule has 19 nitrogen and oxygen atoms in total. The second-order valence-corrected chi connectivity index (χ2v) is 25.7. The molecule has 8 rings (SSSR count). The van der Waals surface area contributed by atoms with E-state index in [2.05, 4.69) is 21.3 Å². The number of benzene rings is 4. The van der Waals surface area contributed by atoms with Crippen molar-refractivity contribution in [1.82, 2.24) is 40.9 Å². The van der Waals surface area contributed by atoms with Gasteiger partial charge >= 0.3 is 0 Å². The standard InChI is InChI=1S/C68H92N10O9S/c1-48(2)34-57-40-77(66(85)37-52-21-22-52)45-61(80)71-56(20-12-13-32-69)39-76(64(83)30-27-49-14-6-3-7-15-49)44-62(81)73-58(35-50-16-8-4-9-17-50)41-75(43-60(70)79)65(84)31-33-88-47-54-25-28-55(29-26-54)68(87)74-59(36-51-18-10-5-11-19-51)42-78(46-63(82)72-57)67(86)38-53-23-24-53/h3-11,14-19,25-26,28-29,48,52-53,56-59H,12-13,20-24,27,30-47,69H2,1-2H3,(H2,70,79)(H,71,80)(H,72,82)(H,73,81)(H,74,87)/t56-,57?,58?,59?/m0/s1. The predicted molar refractivity (Wildman–Crippen MR) is 342 cm³/mol. The maximum Gasteiger partial charge on any atom is 0.251 e. The van der Waals surface area contributed by atoms with Crippen LogP contribution in [0.25, 0.3) is 0 Å². The average molecular weight is 1230 g/mol. The summed E-state index contributed by atoms with van der Waals surface area (Å²) in [4.78, 5) is 134. The zero-order chi connectivity index (χ0) is 62.8. The lowest BCUT2D eigenvalue weighted by Crippen LogP contribution is -2.55. The number of unbranched alkanes of at least 4 members (excludes halogenated alkanes) is 1. The van der Waals surface area contributed by atoms with E-state index in [-0.39, 0.29) is 125 Å². The van der Waals surface area contributed by atoms with E-state index >= 15 is 0 Å². The first-order valence-corrected chi connectivity index (χ1v) is 32.7. The summed E-state index contributed by atoms with van der Waals surface area (Å²) in [6.45, 7) is 2.93. The Hall–Kier alpha value is -7.58. The zero-order valence-corrected chi connectivity index (χ0v) is 52.2. The van der Waals surface area contributed by atoms with Crippen LogP contribution in [0.3, 0.4) is 0 Å². The van der Waals surface area contributed by atoms with Crippen molar-refractivity contribution in [2.75, 3.05) is 64.7 Å². The molecule has 2 fully saturated rings. The van der Waals surface area contributed by atoms with Crippen LogP contribution >= 0.6 is 11.8 Å². The van der Waals surface area contributed by atoms with Crippen molar-refractivity contribution >= 4 is 64.9 Å². The van der Waals surface area contributed by atoms with Crippen molar-refractivity contribution in [2.24, 2.45) is 29.2 Å². The molecule has 9 amide bonds. The van der Waals surface area contributed by atoms with Crippen LogP contribution < -0.4 is 32.7 Å². The van der Waals surface area contributed by atoms with Crippen molar-refractivity contribution in [2.45, 2.75) is 140 Å². The molecule has 2 aliphatic heterocycles. The van der Waals surface area contributed by atoms with E-state index in [4.69, 9.17) is 11.5 Å². The maximum absolute atomic E-state index is 14.6. The minimum absolute atomic E-state index is 0.0117. The van der Waals surface area contributed by atoms with Gasteiger partial charge < -0.3 is 52.3 Å². The molecule has 474 valence electrons. The van der Waals surface area contributed by atoms with Gasteiger partial charge in [0.1, 0.15) is 0 Å². The van der Waals surface area contributed by atoms with E-state index in [1.807, 2.05) is 117 Å². The molecule has 4 aliphatic rings. The first-order valence-electron chi connectivity index (χ1n) is 31.5. The lowest BCUT2D eigenvalue weighted by Gasteiger charge is -2.32. The summed E-state index contributed by atoms with van der Waals surface area (Å²) in [5.41, 5.74) is 15.8. The number of rotatable bonds is 19. The Morgan fingerprint density at radius 3 is 1.56 bits per heavy atom. The van der Waals surface area contributed by atoms with Gasteiger partial charge in [-0.25, -0.2) is 0 Å². The molecule has 0 saturated heterocycles. The van der Waals surface area contributed by atoms with Crippen LogP contribution in [0.1, 0.15) is 124 Å². The second kappa shape index (κ2) is 35.4. The van der Waals surface area contributed by atoms with E-state index in [1.54, 1.807) is 12.1 Å². The number of primary amides is 1. The number of hydrogen-bond donors (Lipinski definition) is 6. The van der Waals surface area contributed by atoms with Crippen molar-refractivity contribution in [3.63, 3.8) is 0 Å². The summed E-state index contributed by atoms with van der Waals surface area (Å²) < 4.78 is 0. The molecule has 4 aromatic rings. The smallest absolute Gasteiger partial charge is 0.251 e. The first-order chi connectivity index (χ1) is 42.4. The Bertz CT molecular complexity index is 2910. The Balaban J connectivity index is 1.21. The van der Waals surface area contributed by atoms with Gasteiger partial charge in [0, 0.05) is 81.0 Å². The van der Waals surface area contributed by atoms with Crippen LogP contribution in [0.2, 0.25) is 0 Å². The number of carbonyl (C=O) groups excluding carboxylic acids is 9. The molecule has 8 N–H and O–H groups in total. The van der Waals surface area contributed by atoms with Gasteiger partial charge in [0.25, 0.3) is 5.91 Å². The first kappa shape index (κ1) is 67.9. The molecule has 2 saturated carbocycles. The highest BCUT2D eigenvalue weighted by Crippen LogP contribution is 2.34. The third-order valence-electron chi connectivity index (χ3n) is 16.1. The third-order valence-corrected chi connectivity index (χ3v) is 17.1. The number of nitrogens with zero attached hydrogens (tertiary/aromatic N) is 4. The molecule has 0 radical (unpaired) electrons. The highest BCUT2D eigenvalue weighted by Gasteiger charge is 2.34. The van der Waals surface area contributed by atoms with E-state index in [0.29, 0.717) is 62.1 Å². The molecule has 2 heterocycles. The normalized spacial score (nSPS) is 20.5. The third kappa shape index (κ3) is 24.9. The number of aryl methyl sites for hydroxylation is 1. The average Bonchev–Trinajstić information content (AvgIpc) is 4.41. The lowest BCUT2D eigenvalue weighted by atomic mass is 10.0. The van der Waals surface area contributed by atoms with Gasteiger partial charge in [-0.1, -0.05) is 123 Å². The summed E-state index contributed by atoms with van der Waals surface area (Å²) in [6, 6.07) is 33.1. The minimum Gasteiger partial charge on any atom is -0.368 e. The molecular weight excluding hydrogens is 1130 g/mol. The van der Waals surface area contributed by atoms with Crippen LogP contribution in [0, 0.1) is 17.8 Å². The van der Waals surface area contributed by atoms with Gasteiger partial charge in [-0.3, -0.25) is 43.2 Å². The molecule has 4 aromatic carbocycles. The van der Waals surface area contributed by atoms with Crippen LogP contribution in [0.15, 0.2) is 115 Å². The van der Waals surface area contributed by atoms with E-state index in [1.165, 1.54) is 31.4 Å². The van der Waals surface area contributed by atoms with Gasteiger partial charge in [0.05, 0.1) is 38.3 Å². The molecule has 20 heteroatoms. The van der Waals surface area contributed by atoms with Crippen LogP contribution in [-0.2, 0) is 63.4 Å². The molecule has 0 aromatic heterocycles. The number of nitrogens with one attached hydrogen (secondary N) is 4. The Morgan fingerprint density at radius 2 is 1.05 bits per heavy atom. The number of fused-ring (bicyclic) bond motifs is 29. The maximum atomic E-state index is 14.6. The lowest BCUT2D eigenvalue weighted by molar-refractivity contribution is -0.139. The van der Waals surface area contributed by atoms with Crippen molar-refractivity contribution in [1.29, 1.82) is 0 Å². The molecule has 2 aliphatic carbocycles. The number of amides is 9. The van der Waals surface area contributed by atoms with Crippen molar-refractivity contribution < 1.29 is 43.2 Å². The molecule has 4 atom stereocenters. The fraction of sp³-hybridized carbons (Fsp3) is 0.515. The summed E-state index contributed by atoms with van der Waals surface area (Å²) >= 11 is 1.50. The molecule has 2 bridgehead atoms. The summed E-state index contributed by atoms with van der Waals surface area (Å²) in [6.07, 6.45) is 7.33. The van der Waals surface area contributed by atoms with Crippen molar-refractivity contribution in [3.8, 4) is 0 Å². The molecule has 3 unspecified atom stereocenters. The van der Waals surface area contributed by atoms with Gasteiger partial charge in [-0.05, 0) is 123 Å². The minimum atomic E-state index is -0.723. The summed E-state index contributed by atoms with van der Waals surface area (Å²) in [5, 5.41) is 12.6. The quantitative estimate of drug-likeness (QED) is 0.0499. The topological polar surface area (TPSA) is 267 Å². The van der Waals surface area contributed by atoms with Crippen LogP contribution in [0.4, 0.5) is 0 Å². The largest absolute Gasteiger partial charge is 0.368 e. The Morgan fingerprint density at radius 1 is 0.568 bits per heavy atom. The second-order valence-electron chi connectivity index (χ2n) is 24.6. The molecule has 88 heavy (non-hydrogen) atoms. The van der Waals surface area contributed by atoms with Gasteiger partial charge in [-0.2, -0.15) is 11.8 Å². The number of nitrogens with two attached hydrogens (primary N) is 2. The highest BCUT2D eigenvalue weighted by atomic mass is 32.2. The van der Waals surface area contributed by atoms with E-state index in [0.717, 1.165) is 47.9 Å². The van der Waals surface area contributed by atoms with Crippen LogP contribution in [-0.4, -0.2) is 162 Å². The number of thioether (sulfide) groups is 1. The van der Waals surface area contributed by atoms with Crippen LogP contribution in [0.5, 0.6) is 0 Å². The molecular formula is C68H92N10O9S. The predicted octanol–water partition coefficient (Wildman–Crippen LogP) is 5.57.